The number of nitrogens with one attached hydrogen (secondary N) is 2. The Labute approximate surface area is 149 Å². The number of carbonyl (C=O) groups excluding carboxylic acids is 2. The van der Waals surface area contributed by atoms with Gasteiger partial charge < -0.3 is 9.47 Å². The lowest BCUT2D eigenvalue weighted by Crippen LogP contribution is -2.29. The van der Waals surface area contributed by atoms with E-state index in [-0.39, 0.29) is 15.8 Å². The van der Waals surface area contributed by atoms with Gasteiger partial charge in [-0.1, -0.05) is 0 Å². The Morgan fingerprint density at radius 2 is 1.42 bits per heavy atom. The lowest BCUT2D eigenvalue weighted by Gasteiger charge is -2.22. The average Bonchev–Trinajstić information content (AvgIpc) is 2.34. The first-order chi connectivity index (χ1) is 10.8. The van der Waals surface area contributed by atoms with Crippen LogP contribution >= 0.6 is 15.9 Å². The van der Waals surface area contributed by atoms with Crippen LogP contribution in [0.2, 0.25) is 0 Å². The van der Waals surface area contributed by atoms with Crippen molar-refractivity contribution in [2.24, 2.45) is 0 Å². The number of rotatable bonds is 2. The minimum absolute atomic E-state index is 0.0517. The van der Waals surface area contributed by atoms with Crippen LogP contribution in [0.25, 0.3) is 0 Å². The number of amides is 2. The van der Waals surface area contributed by atoms with Crippen molar-refractivity contribution in [1.82, 2.24) is 0 Å². The Balaban J connectivity index is 3.03. The van der Waals surface area contributed by atoms with Crippen LogP contribution in [-0.2, 0) is 9.47 Å². The third kappa shape index (κ3) is 6.74. The maximum atomic E-state index is 14.3. The van der Waals surface area contributed by atoms with Gasteiger partial charge in [0.05, 0.1) is 10.2 Å². The number of hydrogen-bond acceptors (Lipinski definition) is 4. The van der Waals surface area contributed by atoms with E-state index < -0.39 is 29.2 Å². The number of carbonyl (C=O) groups is 2. The molecule has 0 unspecified atom stereocenters. The Morgan fingerprint density at radius 3 is 1.88 bits per heavy atom. The van der Waals surface area contributed by atoms with E-state index >= 15 is 0 Å². The summed E-state index contributed by atoms with van der Waals surface area (Å²) < 4.78 is 24.7. The molecule has 134 valence electrons. The molecule has 8 heteroatoms. The van der Waals surface area contributed by atoms with Crippen molar-refractivity contribution in [1.29, 1.82) is 0 Å². The molecule has 0 radical (unpaired) electrons. The molecule has 1 aromatic carbocycles. The Kier molecular flexibility index (Phi) is 6.21. The lowest BCUT2D eigenvalue weighted by molar-refractivity contribution is 0.0620. The summed E-state index contributed by atoms with van der Waals surface area (Å²) in [5.74, 6) is -0.741. The normalized spacial score (nSPS) is 11.7. The third-order valence-corrected chi connectivity index (χ3v) is 2.97. The number of ether oxygens (including phenoxy) is 2. The predicted molar refractivity (Wildman–Crippen MR) is 93.8 cm³/mol. The van der Waals surface area contributed by atoms with Crippen LogP contribution in [-0.4, -0.2) is 23.4 Å². The molecule has 6 nitrogen and oxygen atoms in total. The molecule has 2 N–H and O–H groups in total. The van der Waals surface area contributed by atoms with Gasteiger partial charge in [-0.25, -0.2) is 14.0 Å². The monoisotopic (exact) mass is 404 g/mol. The molecule has 0 aliphatic rings. The van der Waals surface area contributed by atoms with Crippen molar-refractivity contribution in [2.45, 2.75) is 52.7 Å². The van der Waals surface area contributed by atoms with Gasteiger partial charge in [-0.2, -0.15) is 0 Å². The maximum absolute atomic E-state index is 14.3. The molecule has 0 aromatic heterocycles. The summed E-state index contributed by atoms with van der Waals surface area (Å²) in [6, 6.07) is 2.84. The fourth-order valence-corrected chi connectivity index (χ4v) is 1.93. The molecule has 0 spiro atoms. The zero-order valence-electron chi connectivity index (χ0n) is 14.5. The zero-order valence-corrected chi connectivity index (χ0v) is 16.1. The number of anilines is 2. The van der Waals surface area contributed by atoms with E-state index in [9.17, 15) is 14.0 Å². The van der Waals surface area contributed by atoms with Crippen LogP contribution in [0.15, 0.2) is 16.6 Å². The van der Waals surface area contributed by atoms with Crippen molar-refractivity contribution in [3.63, 3.8) is 0 Å². The minimum Gasteiger partial charge on any atom is -0.444 e. The smallest absolute Gasteiger partial charge is 0.412 e. The Bertz CT molecular complexity index is 636. The SMILES string of the molecule is CC(C)(C)OC(=O)Nc1ccc(Br)c(F)c1NC(=O)OC(C)(C)C. The van der Waals surface area contributed by atoms with Gasteiger partial charge in [0.2, 0.25) is 0 Å². The lowest BCUT2D eigenvalue weighted by atomic mass is 10.2. The quantitative estimate of drug-likeness (QED) is 0.702. The molecule has 0 aliphatic heterocycles. The highest BCUT2D eigenvalue weighted by molar-refractivity contribution is 9.10. The van der Waals surface area contributed by atoms with E-state index in [1.807, 2.05) is 0 Å². The summed E-state index contributed by atoms with van der Waals surface area (Å²) in [6.07, 6.45) is -1.61. The van der Waals surface area contributed by atoms with Gasteiger partial charge in [-0.15, -0.1) is 0 Å². The molecular formula is C16H22BrFN2O4. The fraction of sp³-hybridized carbons (Fsp3) is 0.500. The van der Waals surface area contributed by atoms with Crippen molar-refractivity contribution < 1.29 is 23.5 Å². The molecule has 2 amide bonds. The van der Waals surface area contributed by atoms with Crippen molar-refractivity contribution in [3.8, 4) is 0 Å². The summed E-state index contributed by atoms with van der Waals surface area (Å²) in [6.45, 7) is 10.2. The van der Waals surface area contributed by atoms with Crippen LogP contribution in [0.1, 0.15) is 41.5 Å². The van der Waals surface area contributed by atoms with Crippen LogP contribution in [0, 0.1) is 5.82 Å². The third-order valence-electron chi connectivity index (χ3n) is 2.36. The van der Waals surface area contributed by atoms with E-state index in [2.05, 4.69) is 26.6 Å². The molecule has 0 saturated heterocycles. The topological polar surface area (TPSA) is 76.7 Å². The van der Waals surface area contributed by atoms with E-state index in [4.69, 9.17) is 9.47 Å². The van der Waals surface area contributed by atoms with Gasteiger partial charge in [0.25, 0.3) is 0 Å². The number of benzene rings is 1. The molecule has 0 aliphatic carbocycles. The Hall–Kier alpha value is -1.83. The molecule has 24 heavy (non-hydrogen) atoms. The second kappa shape index (κ2) is 7.38. The summed E-state index contributed by atoms with van der Waals surface area (Å²) in [5, 5.41) is 4.72. The molecule has 1 rings (SSSR count). The summed E-state index contributed by atoms with van der Waals surface area (Å²) in [7, 11) is 0. The standard InChI is InChI=1S/C16H22BrFN2O4/c1-15(2,3)23-13(21)19-10-8-7-9(17)11(18)12(10)20-14(22)24-16(4,5)6/h7-8H,1-6H3,(H,19,21)(H,20,22). The van der Waals surface area contributed by atoms with Gasteiger partial charge in [0, 0.05) is 0 Å². The number of halogens is 2. The van der Waals surface area contributed by atoms with Crippen molar-refractivity contribution in [2.75, 3.05) is 10.6 Å². The first-order valence-corrected chi connectivity index (χ1v) is 8.06. The summed E-state index contributed by atoms with van der Waals surface area (Å²) in [4.78, 5) is 23.8. The molecule has 1 aromatic rings. The van der Waals surface area contributed by atoms with Crippen LogP contribution < -0.4 is 10.6 Å². The Morgan fingerprint density at radius 1 is 0.958 bits per heavy atom. The van der Waals surface area contributed by atoms with E-state index in [1.165, 1.54) is 12.1 Å². The van der Waals surface area contributed by atoms with E-state index in [0.29, 0.717) is 0 Å². The van der Waals surface area contributed by atoms with Crippen molar-refractivity contribution >= 4 is 39.5 Å². The minimum atomic E-state index is -0.841. The number of hydrogen-bond donors (Lipinski definition) is 2. The van der Waals surface area contributed by atoms with E-state index in [0.717, 1.165) is 0 Å². The van der Waals surface area contributed by atoms with Gasteiger partial charge in [0.15, 0.2) is 5.82 Å². The molecule has 0 atom stereocenters. The first-order valence-electron chi connectivity index (χ1n) is 7.26. The van der Waals surface area contributed by atoms with Crippen LogP contribution in [0.5, 0.6) is 0 Å². The maximum Gasteiger partial charge on any atom is 0.412 e. The largest absolute Gasteiger partial charge is 0.444 e. The second-order valence-corrected chi connectivity index (χ2v) is 7.89. The molecule has 0 fully saturated rings. The highest BCUT2D eigenvalue weighted by Gasteiger charge is 2.22. The zero-order chi connectivity index (χ0) is 18.7. The highest BCUT2D eigenvalue weighted by atomic mass is 79.9. The summed E-state index contributed by atoms with van der Waals surface area (Å²) >= 11 is 3.04. The second-order valence-electron chi connectivity index (χ2n) is 7.04. The van der Waals surface area contributed by atoms with Crippen LogP contribution in [0.3, 0.4) is 0 Å². The molecule has 0 heterocycles. The van der Waals surface area contributed by atoms with Gasteiger partial charge in [-0.3, -0.25) is 10.6 Å². The van der Waals surface area contributed by atoms with Crippen molar-refractivity contribution in [3.05, 3.63) is 22.4 Å². The highest BCUT2D eigenvalue weighted by Crippen LogP contribution is 2.31. The summed E-state index contributed by atoms with van der Waals surface area (Å²) in [5.41, 5.74) is -1.62. The van der Waals surface area contributed by atoms with E-state index in [1.54, 1.807) is 41.5 Å². The molecular weight excluding hydrogens is 383 g/mol. The molecule has 0 saturated carbocycles. The average molecular weight is 405 g/mol. The van der Waals surface area contributed by atoms with Crippen LogP contribution in [0.4, 0.5) is 25.4 Å². The predicted octanol–water partition coefficient (Wildman–Crippen LogP) is 5.28. The molecule has 0 bridgehead atoms. The fourth-order valence-electron chi connectivity index (χ4n) is 1.60. The van der Waals surface area contributed by atoms with Gasteiger partial charge in [-0.05, 0) is 69.6 Å². The van der Waals surface area contributed by atoms with Gasteiger partial charge in [0.1, 0.15) is 16.9 Å². The van der Waals surface area contributed by atoms with Gasteiger partial charge >= 0.3 is 12.2 Å². The first kappa shape index (κ1) is 20.2.